The van der Waals surface area contributed by atoms with Crippen LogP contribution in [0.15, 0.2) is 47.1 Å². The second kappa shape index (κ2) is 8.06. The number of benzene rings is 1. The van der Waals surface area contributed by atoms with Crippen LogP contribution in [0, 0.1) is 10.1 Å². The molecular formula is C20H23N5O4. The topological polar surface area (TPSA) is 98.6 Å². The van der Waals surface area contributed by atoms with E-state index in [2.05, 4.69) is 15.2 Å². The van der Waals surface area contributed by atoms with Gasteiger partial charge in [0.25, 0.3) is 5.69 Å². The van der Waals surface area contributed by atoms with E-state index in [1.54, 1.807) is 24.4 Å². The summed E-state index contributed by atoms with van der Waals surface area (Å²) in [5.41, 5.74) is 0.390. The smallest absolute Gasteiger partial charge is 0.284 e. The summed E-state index contributed by atoms with van der Waals surface area (Å²) in [7, 11) is 3.47. The van der Waals surface area contributed by atoms with Gasteiger partial charge < -0.3 is 19.0 Å². The van der Waals surface area contributed by atoms with Crippen LogP contribution < -0.4 is 10.1 Å². The fourth-order valence-corrected chi connectivity index (χ4v) is 3.69. The highest BCUT2D eigenvalue weighted by Gasteiger charge is 2.28. The summed E-state index contributed by atoms with van der Waals surface area (Å²) in [6, 6.07) is 8.54. The van der Waals surface area contributed by atoms with Gasteiger partial charge in [-0.2, -0.15) is 0 Å². The zero-order chi connectivity index (χ0) is 20.4. The van der Waals surface area contributed by atoms with Gasteiger partial charge in [0.05, 0.1) is 36.2 Å². The van der Waals surface area contributed by atoms with Crippen LogP contribution >= 0.6 is 0 Å². The molecule has 0 aliphatic carbocycles. The summed E-state index contributed by atoms with van der Waals surface area (Å²) in [5.74, 6) is 2.66. The Hall–Kier alpha value is -3.17. The lowest BCUT2D eigenvalue weighted by Crippen LogP contribution is -2.46. The summed E-state index contributed by atoms with van der Waals surface area (Å²) in [5, 5.41) is 14.9. The number of piperazine rings is 1. The zero-order valence-electron chi connectivity index (χ0n) is 16.4. The molecule has 0 amide bonds. The van der Waals surface area contributed by atoms with Crippen molar-refractivity contribution in [3.05, 3.63) is 64.4 Å². The van der Waals surface area contributed by atoms with Gasteiger partial charge in [-0.25, -0.2) is 4.98 Å². The SMILES string of the molecule is COc1ccc(-c2ccc(CN3CCNCC3c3nccn3C)o2)c([N+](=O)[O-])c1. The van der Waals surface area contributed by atoms with Gasteiger partial charge in [-0.3, -0.25) is 15.0 Å². The fourth-order valence-electron chi connectivity index (χ4n) is 3.69. The second-order valence-electron chi connectivity index (χ2n) is 6.99. The largest absolute Gasteiger partial charge is 0.497 e. The van der Waals surface area contributed by atoms with E-state index in [-0.39, 0.29) is 11.7 Å². The molecule has 9 nitrogen and oxygen atoms in total. The Bertz CT molecular complexity index is 1010. The third-order valence-corrected chi connectivity index (χ3v) is 5.20. The van der Waals surface area contributed by atoms with E-state index >= 15 is 0 Å². The number of nitro benzene ring substituents is 1. The molecule has 9 heteroatoms. The summed E-state index contributed by atoms with van der Waals surface area (Å²) in [4.78, 5) is 17.9. The maximum atomic E-state index is 11.5. The Kier molecular flexibility index (Phi) is 5.32. The Morgan fingerprint density at radius 3 is 2.97 bits per heavy atom. The lowest BCUT2D eigenvalue weighted by Gasteiger charge is -2.35. The number of methoxy groups -OCH3 is 1. The van der Waals surface area contributed by atoms with Gasteiger partial charge in [0.2, 0.25) is 0 Å². The van der Waals surface area contributed by atoms with Gasteiger partial charge in [-0.1, -0.05) is 0 Å². The molecule has 1 aromatic carbocycles. The second-order valence-corrected chi connectivity index (χ2v) is 6.99. The number of rotatable bonds is 6. The Labute approximate surface area is 168 Å². The Balaban J connectivity index is 1.58. The molecule has 0 bridgehead atoms. The average molecular weight is 397 g/mol. The molecule has 0 spiro atoms. The first-order valence-electron chi connectivity index (χ1n) is 9.40. The van der Waals surface area contributed by atoms with Gasteiger partial charge in [0, 0.05) is 39.1 Å². The van der Waals surface area contributed by atoms with Gasteiger partial charge in [-0.05, 0) is 24.3 Å². The minimum absolute atomic E-state index is 0.0432. The molecule has 1 atom stereocenters. The van der Waals surface area contributed by atoms with Gasteiger partial charge in [0.15, 0.2) is 0 Å². The predicted molar refractivity (Wildman–Crippen MR) is 107 cm³/mol. The van der Waals surface area contributed by atoms with Crippen LogP contribution in [-0.4, -0.2) is 46.1 Å². The molecule has 2 aromatic heterocycles. The van der Waals surface area contributed by atoms with Crippen molar-refractivity contribution < 1.29 is 14.1 Å². The van der Waals surface area contributed by atoms with Gasteiger partial charge in [0.1, 0.15) is 23.1 Å². The molecule has 0 saturated carbocycles. The lowest BCUT2D eigenvalue weighted by atomic mass is 10.1. The van der Waals surface area contributed by atoms with Gasteiger partial charge in [-0.15, -0.1) is 0 Å². The van der Waals surface area contributed by atoms with E-state index in [4.69, 9.17) is 9.15 Å². The minimum atomic E-state index is -0.423. The molecule has 1 aliphatic heterocycles. The molecule has 3 aromatic rings. The van der Waals surface area contributed by atoms with Crippen LogP contribution in [0.1, 0.15) is 17.6 Å². The third-order valence-electron chi connectivity index (χ3n) is 5.20. The van der Waals surface area contributed by atoms with Gasteiger partial charge >= 0.3 is 0 Å². The number of ether oxygens (including phenoxy) is 1. The monoisotopic (exact) mass is 397 g/mol. The quantitative estimate of drug-likeness (QED) is 0.504. The molecule has 3 heterocycles. The standard InChI is InChI=1S/C20H23N5O4/c1-23-9-8-22-20(23)18-12-21-7-10-24(18)13-15-4-6-19(29-15)16-5-3-14(28-2)11-17(16)25(26)27/h3-6,8-9,11,18,21H,7,10,12-13H2,1-2H3. The van der Waals surface area contributed by atoms with Crippen molar-refractivity contribution in [2.75, 3.05) is 26.7 Å². The van der Waals surface area contributed by atoms with Crippen molar-refractivity contribution in [2.24, 2.45) is 7.05 Å². The van der Waals surface area contributed by atoms with Crippen LogP contribution in [0.25, 0.3) is 11.3 Å². The number of aryl methyl sites for hydroxylation is 1. The Morgan fingerprint density at radius 2 is 2.24 bits per heavy atom. The van der Waals surface area contributed by atoms with Crippen LogP contribution in [0.2, 0.25) is 0 Å². The first-order chi connectivity index (χ1) is 14.1. The van der Waals surface area contributed by atoms with Crippen LogP contribution in [0.3, 0.4) is 0 Å². The number of nitro groups is 1. The first kappa shape index (κ1) is 19.2. The highest BCUT2D eigenvalue weighted by atomic mass is 16.6. The zero-order valence-corrected chi connectivity index (χ0v) is 16.4. The molecule has 1 aliphatic rings. The maximum absolute atomic E-state index is 11.5. The van der Waals surface area contributed by atoms with Crippen LogP contribution in [0.4, 0.5) is 5.69 Å². The number of nitrogens with zero attached hydrogens (tertiary/aromatic N) is 4. The minimum Gasteiger partial charge on any atom is -0.497 e. The van der Waals surface area contributed by atoms with E-state index in [0.717, 1.165) is 31.2 Å². The number of imidazole rings is 1. The number of nitrogens with one attached hydrogen (secondary N) is 1. The summed E-state index contributed by atoms with van der Waals surface area (Å²) in [6.07, 6.45) is 3.74. The third kappa shape index (κ3) is 3.87. The summed E-state index contributed by atoms with van der Waals surface area (Å²) >= 11 is 0. The number of furan rings is 1. The van der Waals surface area contributed by atoms with Crippen molar-refractivity contribution in [1.29, 1.82) is 0 Å². The molecule has 29 heavy (non-hydrogen) atoms. The molecular weight excluding hydrogens is 374 g/mol. The summed E-state index contributed by atoms with van der Waals surface area (Å²) in [6.45, 7) is 3.15. The maximum Gasteiger partial charge on any atom is 0.284 e. The van der Waals surface area contributed by atoms with Crippen LogP contribution in [0.5, 0.6) is 5.75 Å². The van der Waals surface area contributed by atoms with Crippen molar-refractivity contribution in [3.8, 4) is 17.1 Å². The molecule has 4 rings (SSSR count). The summed E-state index contributed by atoms with van der Waals surface area (Å²) < 4.78 is 13.1. The van der Waals surface area contributed by atoms with E-state index < -0.39 is 4.92 Å². The lowest BCUT2D eigenvalue weighted by molar-refractivity contribution is -0.384. The number of hydrogen-bond donors (Lipinski definition) is 1. The fraction of sp³-hybridized carbons (Fsp3) is 0.350. The van der Waals surface area contributed by atoms with E-state index in [1.165, 1.54) is 13.2 Å². The highest BCUT2D eigenvalue weighted by molar-refractivity contribution is 5.71. The molecule has 152 valence electrons. The number of aromatic nitrogens is 2. The molecule has 1 unspecified atom stereocenters. The van der Waals surface area contributed by atoms with Crippen molar-refractivity contribution in [3.63, 3.8) is 0 Å². The molecule has 1 fully saturated rings. The first-order valence-corrected chi connectivity index (χ1v) is 9.40. The molecule has 1 saturated heterocycles. The van der Waals surface area contributed by atoms with Crippen molar-refractivity contribution >= 4 is 5.69 Å². The Morgan fingerprint density at radius 1 is 1.38 bits per heavy atom. The van der Waals surface area contributed by atoms with E-state index in [1.807, 2.05) is 23.9 Å². The number of hydrogen-bond acceptors (Lipinski definition) is 7. The van der Waals surface area contributed by atoms with Crippen LogP contribution in [-0.2, 0) is 13.6 Å². The molecule has 1 N–H and O–H groups in total. The molecule has 0 radical (unpaired) electrons. The van der Waals surface area contributed by atoms with E-state index in [9.17, 15) is 10.1 Å². The average Bonchev–Trinajstić information content (AvgIpc) is 3.37. The van der Waals surface area contributed by atoms with E-state index in [0.29, 0.717) is 23.6 Å². The highest BCUT2D eigenvalue weighted by Crippen LogP contribution is 2.34. The predicted octanol–water partition coefficient (Wildman–Crippen LogP) is 2.74. The van der Waals surface area contributed by atoms with Crippen molar-refractivity contribution in [2.45, 2.75) is 12.6 Å². The normalized spacial score (nSPS) is 17.4. The van der Waals surface area contributed by atoms with Crippen molar-refractivity contribution in [1.82, 2.24) is 19.8 Å².